The van der Waals surface area contributed by atoms with Crippen LogP contribution in [0.25, 0.3) is 0 Å². The monoisotopic (exact) mass is 1240 g/mol. The van der Waals surface area contributed by atoms with Gasteiger partial charge in [0.15, 0.2) is 0 Å². The average Bonchev–Trinajstić information content (AvgIpc) is 3.69. The van der Waals surface area contributed by atoms with Crippen LogP contribution >= 0.6 is 7.82 Å². The van der Waals surface area contributed by atoms with Gasteiger partial charge >= 0.3 is 13.8 Å². The molecule has 0 heterocycles. The number of phosphoric acid groups is 1. The molecule has 9 nitrogen and oxygen atoms in total. The van der Waals surface area contributed by atoms with Crippen LogP contribution in [-0.4, -0.2) is 74.3 Å². The van der Waals surface area contributed by atoms with E-state index >= 15 is 0 Å². The van der Waals surface area contributed by atoms with E-state index in [4.69, 9.17) is 13.8 Å². The molecule has 1 amide bonds. The Labute approximate surface area is 539 Å². The second-order valence-electron chi connectivity index (χ2n) is 26.1. The molecule has 0 bridgehead atoms. The quantitative estimate of drug-likeness (QED) is 0.0205. The zero-order valence-corrected chi connectivity index (χ0v) is 58.9. The van der Waals surface area contributed by atoms with Crippen LogP contribution in [0.4, 0.5) is 0 Å². The van der Waals surface area contributed by atoms with Gasteiger partial charge in [-0.25, -0.2) is 4.57 Å². The summed E-state index contributed by atoms with van der Waals surface area (Å²) in [7, 11) is 1.49. The zero-order chi connectivity index (χ0) is 63.5. The summed E-state index contributed by atoms with van der Waals surface area (Å²) in [6.45, 7) is 6.99. The third-order valence-corrected chi connectivity index (χ3v) is 17.3. The third-order valence-electron chi connectivity index (χ3n) is 16.3. The highest BCUT2D eigenvalue weighted by Crippen LogP contribution is 2.43. The van der Waals surface area contributed by atoms with Gasteiger partial charge in [-0.2, -0.15) is 0 Å². The number of ether oxygens (including phenoxy) is 1. The van der Waals surface area contributed by atoms with Crippen molar-refractivity contribution in [2.75, 3.05) is 40.9 Å². The van der Waals surface area contributed by atoms with Crippen LogP contribution < -0.4 is 5.32 Å². The van der Waals surface area contributed by atoms with Gasteiger partial charge in [0.25, 0.3) is 0 Å². The van der Waals surface area contributed by atoms with Gasteiger partial charge < -0.3 is 19.4 Å². The first-order valence-corrected chi connectivity index (χ1v) is 38.4. The highest BCUT2D eigenvalue weighted by Gasteiger charge is 2.30. The van der Waals surface area contributed by atoms with E-state index < -0.39 is 20.0 Å². The van der Waals surface area contributed by atoms with Crippen molar-refractivity contribution in [2.45, 2.75) is 354 Å². The molecule has 506 valence electrons. The number of carbonyl (C=O) groups excluding carboxylic acids is 2. The van der Waals surface area contributed by atoms with Gasteiger partial charge in [0.05, 0.1) is 33.8 Å². The molecule has 3 unspecified atom stereocenters. The Morgan fingerprint density at radius 2 is 0.701 bits per heavy atom. The summed E-state index contributed by atoms with van der Waals surface area (Å²) in [5, 5.41) is 3.08. The van der Waals surface area contributed by atoms with Crippen molar-refractivity contribution in [1.29, 1.82) is 0 Å². The molecule has 0 rings (SSSR count). The van der Waals surface area contributed by atoms with Crippen LogP contribution in [0.5, 0.6) is 0 Å². The SMILES string of the molecule is CCCCC/C=C\C/C=C\C/C=C\CCCCCCCCCCCCCCCCC(=O)NC(COP(=O)(O)OCC[N+](C)(C)C)C(/C=C\CCCCCCCCCCCCC)OC(=O)CCCCCCCCCC/C=C\C/C=C\C/C=C\CCCCC. The minimum atomic E-state index is -4.46. The smallest absolute Gasteiger partial charge is 0.456 e. The largest absolute Gasteiger partial charge is 0.472 e. The fraction of sp³-hybridized carbons (Fsp3) is 0.792. The molecular weight excluding hydrogens is 1100 g/mol. The van der Waals surface area contributed by atoms with E-state index in [1.54, 1.807) is 0 Å². The first-order valence-electron chi connectivity index (χ1n) is 36.9. The number of nitrogens with one attached hydrogen (secondary N) is 1. The number of quaternary nitrogens is 1. The lowest BCUT2D eigenvalue weighted by molar-refractivity contribution is -0.870. The minimum absolute atomic E-state index is 0.0369. The third kappa shape index (κ3) is 67.4. The van der Waals surface area contributed by atoms with Crippen LogP contribution in [0.3, 0.4) is 0 Å². The Hall–Kier alpha value is -2.81. The average molecular weight is 1240 g/mol. The second kappa shape index (κ2) is 66.1. The summed E-state index contributed by atoms with van der Waals surface area (Å²) < 4.78 is 30.9. The molecule has 0 aromatic rings. The molecular formula is C77H142N2O7P+. The van der Waals surface area contributed by atoms with Crippen LogP contribution in [0.1, 0.15) is 342 Å². The first kappa shape index (κ1) is 84.2. The predicted molar refractivity (Wildman–Crippen MR) is 378 cm³/mol. The molecule has 2 N–H and O–H groups in total. The lowest BCUT2D eigenvalue weighted by Crippen LogP contribution is -2.47. The number of likely N-dealkylation sites (N-methyl/N-ethyl adjacent to an activating group) is 1. The molecule has 0 saturated heterocycles. The lowest BCUT2D eigenvalue weighted by atomic mass is 10.0. The number of carbonyl (C=O) groups is 2. The van der Waals surface area contributed by atoms with E-state index in [2.05, 4.69) is 99.0 Å². The minimum Gasteiger partial charge on any atom is -0.456 e. The number of hydrogen-bond acceptors (Lipinski definition) is 6. The van der Waals surface area contributed by atoms with Crippen molar-refractivity contribution < 1.29 is 37.3 Å². The number of esters is 1. The maximum absolute atomic E-state index is 13.6. The number of rotatable bonds is 67. The van der Waals surface area contributed by atoms with Crippen molar-refractivity contribution in [2.24, 2.45) is 0 Å². The molecule has 0 fully saturated rings. The normalized spacial score (nSPS) is 14.0. The van der Waals surface area contributed by atoms with Crippen molar-refractivity contribution in [3.8, 4) is 0 Å². The van der Waals surface area contributed by atoms with Crippen LogP contribution in [0.15, 0.2) is 85.1 Å². The number of phosphoric ester groups is 1. The van der Waals surface area contributed by atoms with Crippen LogP contribution in [0, 0.1) is 0 Å². The number of unbranched alkanes of at least 4 members (excludes halogenated alkanes) is 39. The molecule has 3 atom stereocenters. The summed E-state index contributed by atoms with van der Waals surface area (Å²) in [5.74, 6) is -0.505. The molecule has 0 radical (unpaired) electrons. The molecule has 0 aromatic carbocycles. The van der Waals surface area contributed by atoms with E-state index in [1.165, 1.54) is 212 Å². The number of nitrogens with zero attached hydrogens (tertiary/aromatic N) is 1. The van der Waals surface area contributed by atoms with E-state index in [1.807, 2.05) is 33.3 Å². The molecule has 0 saturated carbocycles. The fourth-order valence-electron chi connectivity index (χ4n) is 10.6. The first-order chi connectivity index (χ1) is 42.4. The standard InChI is InChI=1S/C77H141N2O7P/c1-7-10-13-16-19-22-25-28-30-32-34-36-37-38-39-40-41-43-44-46-48-51-54-57-60-63-66-69-76(80)78-74(73-85-87(82,83)84-72-71-79(4,5)6)75(68-65-62-59-56-53-50-27-24-21-18-15-12-9-3)86-77(81)70-67-64-61-58-55-52-49-47-45-42-35-33-31-29-26-23-20-17-14-11-8-2/h19-20,22-23,28-31,34-36,42,65,68,74-75H,7-18,21,24-27,32-33,37-41,43-64,66-67,69-73H2,1-6H3,(H-,78,80,82,83)/p+1/b22-19-,23-20-,30-28-,31-29-,36-34-,42-35-,68-65-. The van der Waals surface area contributed by atoms with E-state index in [-0.39, 0.29) is 31.5 Å². The Bertz CT molecular complexity index is 1760. The topological polar surface area (TPSA) is 111 Å². The van der Waals surface area contributed by atoms with E-state index in [0.29, 0.717) is 17.4 Å². The van der Waals surface area contributed by atoms with Gasteiger partial charge in [-0.3, -0.25) is 18.6 Å². The Kier molecular flexibility index (Phi) is 64.0. The molecule has 10 heteroatoms. The van der Waals surface area contributed by atoms with E-state index in [0.717, 1.165) is 96.3 Å². The molecule has 0 aliphatic carbocycles. The van der Waals surface area contributed by atoms with Gasteiger partial charge in [-0.1, -0.05) is 305 Å². The van der Waals surface area contributed by atoms with Crippen LogP contribution in [-0.2, 0) is 27.9 Å². The molecule has 0 aliphatic heterocycles. The molecule has 0 spiro atoms. The molecule has 0 aliphatic rings. The Morgan fingerprint density at radius 1 is 0.402 bits per heavy atom. The Balaban J connectivity index is 5.06. The summed E-state index contributed by atoms with van der Waals surface area (Å²) >= 11 is 0. The van der Waals surface area contributed by atoms with Crippen molar-refractivity contribution in [1.82, 2.24) is 5.32 Å². The van der Waals surface area contributed by atoms with Crippen molar-refractivity contribution in [3.63, 3.8) is 0 Å². The zero-order valence-electron chi connectivity index (χ0n) is 58.0. The van der Waals surface area contributed by atoms with Gasteiger partial charge in [0, 0.05) is 12.8 Å². The highest BCUT2D eigenvalue weighted by atomic mass is 31.2. The number of hydrogen-bond donors (Lipinski definition) is 2. The fourth-order valence-corrected chi connectivity index (χ4v) is 11.3. The highest BCUT2D eigenvalue weighted by molar-refractivity contribution is 7.47. The maximum atomic E-state index is 13.6. The van der Waals surface area contributed by atoms with Crippen molar-refractivity contribution >= 4 is 19.7 Å². The summed E-state index contributed by atoms with van der Waals surface area (Å²) in [4.78, 5) is 38.0. The number of amides is 1. The second-order valence-corrected chi connectivity index (χ2v) is 27.6. The predicted octanol–water partition coefficient (Wildman–Crippen LogP) is 23.7. The van der Waals surface area contributed by atoms with Gasteiger partial charge in [0.1, 0.15) is 19.3 Å². The summed E-state index contributed by atoms with van der Waals surface area (Å²) in [6, 6.07) is -0.856. The maximum Gasteiger partial charge on any atom is 0.472 e. The van der Waals surface area contributed by atoms with Gasteiger partial charge in [-0.15, -0.1) is 0 Å². The molecule has 87 heavy (non-hydrogen) atoms. The Morgan fingerprint density at radius 3 is 1.07 bits per heavy atom. The molecule has 0 aromatic heterocycles. The van der Waals surface area contributed by atoms with E-state index in [9.17, 15) is 19.0 Å². The van der Waals surface area contributed by atoms with Crippen molar-refractivity contribution in [3.05, 3.63) is 85.1 Å². The lowest BCUT2D eigenvalue weighted by Gasteiger charge is -2.27. The van der Waals surface area contributed by atoms with Crippen LogP contribution in [0.2, 0.25) is 0 Å². The summed E-state index contributed by atoms with van der Waals surface area (Å²) in [5.41, 5.74) is 0. The summed E-state index contributed by atoms with van der Waals surface area (Å²) in [6.07, 6.45) is 88.8. The number of allylic oxidation sites excluding steroid dienone is 13. The van der Waals surface area contributed by atoms with Gasteiger partial charge in [0.2, 0.25) is 5.91 Å². The van der Waals surface area contributed by atoms with Gasteiger partial charge in [-0.05, 0) is 109 Å².